The van der Waals surface area contributed by atoms with Gasteiger partial charge in [-0.15, -0.1) is 0 Å². The van der Waals surface area contributed by atoms with E-state index in [9.17, 15) is 4.57 Å². The molecule has 0 aliphatic heterocycles. The lowest BCUT2D eigenvalue weighted by Crippen LogP contribution is -2.18. The van der Waals surface area contributed by atoms with Crippen LogP contribution in [0.2, 0.25) is 0 Å². The molecule has 0 bridgehead atoms. The van der Waals surface area contributed by atoms with Gasteiger partial charge in [-0.3, -0.25) is 4.57 Å². The van der Waals surface area contributed by atoms with E-state index in [0.717, 1.165) is 0 Å². The molecule has 0 aromatic rings. The Hall–Kier alpha value is -0.0200. The fourth-order valence-electron chi connectivity index (χ4n) is 0.0544. The van der Waals surface area contributed by atoms with Crippen molar-refractivity contribution in [2.45, 2.75) is 12.1 Å². The van der Waals surface area contributed by atoms with Gasteiger partial charge in [0.2, 0.25) is 0 Å². The lowest BCUT2D eigenvalue weighted by atomic mass is 10.7. The summed E-state index contributed by atoms with van der Waals surface area (Å²) < 4.78 is 9.47. The van der Waals surface area contributed by atoms with E-state index in [-0.39, 0.29) is 0 Å². The molecule has 0 aliphatic carbocycles. The average Bonchev–Trinajstić information content (AvgIpc) is 1.65. The Kier molecular flexibility index (Phi) is 3.04. The smallest absolute Gasteiger partial charge is 0.192 e. The summed E-state index contributed by atoms with van der Waals surface area (Å²) in [5, 5.41) is 23.9. The molecule has 0 aromatic carbocycles. The van der Waals surface area contributed by atoms with Gasteiger partial charge < -0.3 is 15.3 Å². The van der Waals surface area contributed by atoms with Crippen molar-refractivity contribution in [3.63, 3.8) is 0 Å². The molecule has 0 aromatic heterocycles. The second-order valence-corrected chi connectivity index (χ2v) is 1.67. The number of aliphatic hydroxyl groups excluding tert-OH is 2. The molecule has 0 saturated heterocycles. The minimum absolute atomic E-state index is 0.672. The summed E-state index contributed by atoms with van der Waals surface area (Å²) in [7, 11) is -0.672. The van der Waals surface area contributed by atoms with Crippen LogP contribution in [0, 0.1) is 0 Å². The first-order valence-electron chi connectivity index (χ1n) is 1.55. The highest BCUT2D eigenvalue weighted by atomic mass is 31.1. The summed E-state index contributed by atoms with van der Waals surface area (Å²) in [5.41, 5.74) is 0. The molecule has 3 N–H and O–H groups in total. The van der Waals surface area contributed by atoms with Crippen LogP contribution in [0.15, 0.2) is 0 Å². The summed E-state index contributed by atoms with van der Waals surface area (Å²) in [6.45, 7) is 0. The maximum Gasteiger partial charge on any atom is 0.192 e. The zero-order valence-electron chi connectivity index (χ0n) is 3.35. The first-order valence-corrected chi connectivity index (χ1v) is 2.43. The Labute approximate surface area is 41.6 Å². The minimum Gasteiger partial charge on any atom is -0.376 e. The largest absolute Gasteiger partial charge is 0.376 e. The average molecular weight is 124 g/mol. The molecule has 42 valence electrons. The Morgan fingerprint density at radius 1 is 1.29 bits per heavy atom. The van der Waals surface area contributed by atoms with Crippen LogP contribution in [-0.2, 0) is 4.57 Å². The fraction of sp³-hybridized carbons (Fsp3) is 1.00. The van der Waals surface area contributed by atoms with Gasteiger partial charge in [0.25, 0.3) is 0 Å². The highest BCUT2D eigenvalue weighted by Crippen LogP contribution is 2.03. The van der Waals surface area contributed by atoms with Crippen LogP contribution in [0.5, 0.6) is 0 Å². The van der Waals surface area contributed by atoms with Gasteiger partial charge in [-0.05, 0) is 0 Å². The van der Waals surface area contributed by atoms with E-state index < -0.39 is 20.6 Å². The van der Waals surface area contributed by atoms with E-state index in [1.807, 2.05) is 0 Å². The molecule has 4 nitrogen and oxygen atoms in total. The molecule has 0 rings (SSSR count). The van der Waals surface area contributed by atoms with Crippen LogP contribution in [0.1, 0.15) is 0 Å². The molecule has 5 heteroatoms. The number of aliphatic hydroxyl groups is 3. The van der Waals surface area contributed by atoms with Crippen LogP contribution in [0.25, 0.3) is 0 Å². The van der Waals surface area contributed by atoms with Gasteiger partial charge in [-0.25, -0.2) is 0 Å². The molecule has 1 unspecified atom stereocenters. The zero-order valence-corrected chi connectivity index (χ0v) is 4.25. The Bertz CT molecular complexity index is 62.7. The molecule has 0 amide bonds. The van der Waals surface area contributed by atoms with Crippen molar-refractivity contribution < 1.29 is 19.9 Å². The lowest BCUT2D eigenvalue weighted by Gasteiger charge is -2.00. The van der Waals surface area contributed by atoms with E-state index >= 15 is 0 Å². The van der Waals surface area contributed by atoms with Crippen molar-refractivity contribution >= 4 is 8.46 Å². The van der Waals surface area contributed by atoms with Crippen LogP contribution >= 0.6 is 8.46 Å². The van der Waals surface area contributed by atoms with Crippen molar-refractivity contribution in [1.29, 1.82) is 0 Å². The molecule has 1 atom stereocenters. The van der Waals surface area contributed by atoms with Crippen molar-refractivity contribution in [1.82, 2.24) is 0 Å². The summed E-state index contributed by atoms with van der Waals surface area (Å²) in [6.07, 6.45) is -1.90. The van der Waals surface area contributed by atoms with E-state index in [0.29, 0.717) is 0 Å². The van der Waals surface area contributed by atoms with Crippen LogP contribution in [0.4, 0.5) is 0 Å². The third-order valence-electron chi connectivity index (χ3n) is 0.375. The number of hydrogen-bond donors (Lipinski definition) is 3. The van der Waals surface area contributed by atoms with Crippen LogP contribution in [0.3, 0.4) is 0 Å². The molecule has 0 heterocycles. The highest BCUT2D eigenvalue weighted by Gasteiger charge is 2.10. The lowest BCUT2D eigenvalue weighted by molar-refractivity contribution is -0.0903. The molecule has 0 spiro atoms. The van der Waals surface area contributed by atoms with E-state index in [2.05, 4.69) is 0 Å². The predicted octanol–water partition coefficient (Wildman–Crippen LogP) is -1.09. The minimum atomic E-state index is -1.90. The molecular weight excluding hydrogens is 119 g/mol. The van der Waals surface area contributed by atoms with Gasteiger partial charge in [0.05, 0.1) is 0 Å². The van der Waals surface area contributed by atoms with Gasteiger partial charge in [-0.2, -0.15) is 0 Å². The Balaban J connectivity index is 3.33. The topological polar surface area (TPSA) is 77.8 Å². The van der Waals surface area contributed by atoms with E-state index in [4.69, 9.17) is 15.3 Å². The summed E-state index contributed by atoms with van der Waals surface area (Å²) in [5.74, 6) is -1.57. The summed E-state index contributed by atoms with van der Waals surface area (Å²) in [6, 6.07) is 0. The number of rotatable bonds is 2. The standard InChI is InChI=1S/C2H5O4P/c3-1(4)2(5)7-6/h1-5H. The quantitative estimate of drug-likeness (QED) is 0.322. The van der Waals surface area contributed by atoms with Gasteiger partial charge in [-0.1, -0.05) is 0 Å². The van der Waals surface area contributed by atoms with Gasteiger partial charge in [0.1, 0.15) is 0 Å². The normalized spacial score (nSPS) is 15.4. The van der Waals surface area contributed by atoms with Crippen molar-refractivity contribution in [3.05, 3.63) is 0 Å². The van der Waals surface area contributed by atoms with Gasteiger partial charge in [0, 0.05) is 0 Å². The molecule has 0 saturated carbocycles. The van der Waals surface area contributed by atoms with E-state index in [1.165, 1.54) is 0 Å². The first-order chi connectivity index (χ1) is 3.18. The first kappa shape index (κ1) is 6.98. The zero-order chi connectivity index (χ0) is 5.86. The fourth-order valence-corrected chi connectivity index (χ4v) is 0.163. The van der Waals surface area contributed by atoms with Crippen molar-refractivity contribution in [3.8, 4) is 0 Å². The third-order valence-corrected chi connectivity index (χ3v) is 0.857. The third kappa shape index (κ3) is 2.65. The maximum atomic E-state index is 9.47. The second-order valence-electron chi connectivity index (χ2n) is 0.933. The highest BCUT2D eigenvalue weighted by molar-refractivity contribution is 7.24. The Morgan fingerprint density at radius 2 is 1.71 bits per heavy atom. The van der Waals surface area contributed by atoms with Gasteiger partial charge >= 0.3 is 0 Å². The second kappa shape index (κ2) is 3.04. The van der Waals surface area contributed by atoms with Gasteiger partial charge in [0.15, 0.2) is 20.6 Å². The monoisotopic (exact) mass is 124 g/mol. The van der Waals surface area contributed by atoms with Crippen LogP contribution in [-0.4, -0.2) is 27.5 Å². The summed E-state index contributed by atoms with van der Waals surface area (Å²) in [4.78, 5) is 0. The van der Waals surface area contributed by atoms with Crippen molar-refractivity contribution in [2.75, 3.05) is 0 Å². The van der Waals surface area contributed by atoms with Crippen molar-refractivity contribution in [2.24, 2.45) is 0 Å². The maximum absolute atomic E-state index is 9.47. The molecule has 7 heavy (non-hydrogen) atoms. The molecule has 0 fully saturated rings. The Morgan fingerprint density at radius 3 is 1.71 bits per heavy atom. The molecular formula is C2H5O4P. The van der Waals surface area contributed by atoms with Crippen LogP contribution < -0.4 is 0 Å². The van der Waals surface area contributed by atoms with E-state index in [1.54, 1.807) is 0 Å². The summed E-state index contributed by atoms with van der Waals surface area (Å²) >= 11 is 0. The predicted molar refractivity (Wildman–Crippen MR) is 21.8 cm³/mol. The number of hydrogen-bond acceptors (Lipinski definition) is 4. The molecule has 0 radical (unpaired) electrons. The molecule has 0 aliphatic rings. The SMILES string of the molecule is O=PC(O)C(O)O.